The van der Waals surface area contributed by atoms with Crippen LogP contribution in [0.5, 0.6) is 0 Å². The van der Waals surface area contributed by atoms with Gasteiger partial charge in [-0.15, -0.1) is 11.5 Å². The summed E-state index contributed by atoms with van der Waals surface area (Å²) in [6.45, 7) is 6.61. The SMILES string of the molecule is C[Si](C)(C)C#CCCCC=C(CO)CO. The van der Waals surface area contributed by atoms with Crippen molar-refractivity contribution in [1.82, 2.24) is 0 Å². The Morgan fingerprint density at radius 1 is 1.20 bits per heavy atom. The molecule has 0 saturated carbocycles. The fraction of sp³-hybridized carbons (Fsp3) is 0.667. The highest BCUT2D eigenvalue weighted by Crippen LogP contribution is 2.01. The minimum atomic E-state index is -1.21. The van der Waals surface area contributed by atoms with Crippen LogP contribution in [0.3, 0.4) is 0 Å². The Bertz CT molecular complexity index is 247. The predicted molar refractivity (Wildman–Crippen MR) is 67.2 cm³/mol. The van der Waals surface area contributed by atoms with Gasteiger partial charge in [0, 0.05) is 6.42 Å². The minimum Gasteiger partial charge on any atom is -0.392 e. The number of rotatable bonds is 5. The van der Waals surface area contributed by atoms with E-state index < -0.39 is 8.07 Å². The van der Waals surface area contributed by atoms with Crippen LogP contribution in [0, 0.1) is 11.5 Å². The average Bonchev–Trinajstić information content (AvgIpc) is 2.15. The summed E-state index contributed by atoms with van der Waals surface area (Å²) in [6.07, 6.45) is 4.69. The fourth-order valence-corrected chi connectivity index (χ4v) is 1.66. The summed E-state index contributed by atoms with van der Waals surface area (Å²) >= 11 is 0. The zero-order valence-electron chi connectivity index (χ0n) is 10.0. The quantitative estimate of drug-likeness (QED) is 0.325. The maximum absolute atomic E-state index is 8.78. The molecule has 0 amide bonds. The molecule has 0 aromatic rings. The third-order valence-electron chi connectivity index (χ3n) is 1.81. The Morgan fingerprint density at radius 2 is 1.80 bits per heavy atom. The van der Waals surface area contributed by atoms with Gasteiger partial charge in [0.25, 0.3) is 0 Å². The number of unbranched alkanes of at least 4 members (excludes halogenated alkanes) is 2. The molecule has 0 fully saturated rings. The molecule has 0 aliphatic heterocycles. The summed E-state index contributed by atoms with van der Waals surface area (Å²) in [4.78, 5) is 0. The molecule has 0 aliphatic carbocycles. The van der Waals surface area contributed by atoms with E-state index in [9.17, 15) is 0 Å². The van der Waals surface area contributed by atoms with Crippen LogP contribution >= 0.6 is 0 Å². The average molecular weight is 226 g/mol. The second-order valence-electron chi connectivity index (χ2n) is 4.62. The maximum Gasteiger partial charge on any atom is 0.129 e. The molecule has 0 radical (unpaired) electrons. The number of hydrogen-bond acceptors (Lipinski definition) is 2. The van der Waals surface area contributed by atoms with Gasteiger partial charge >= 0.3 is 0 Å². The van der Waals surface area contributed by atoms with Crippen LogP contribution in [-0.4, -0.2) is 31.5 Å². The van der Waals surface area contributed by atoms with Crippen LogP contribution in [0.4, 0.5) is 0 Å². The molecule has 0 aromatic heterocycles. The Balaban J connectivity index is 3.71. The van der Waals surface area contributed by atoms with Crippen molar-refractivity contribution in [3.05, 3.63) is 11.6 Å². The Hall–Kier alpha value is -0.563. The van der Waals surface area contributed by atoms with Gasteiger partial charge in [-0.1, -0.05) is 25.7 Å². The first kappa shape index (κ1) is 14.4. The molecular weight excluding hydrogens is 204 g/mol. The number of aliphatic hydroxyl groups is 2. The highest BCUT2D eigenvalue weighted by atomic mass is 28.3. The maximum atomic E-state index is 8.78. The van der Waals surface area contributed by atoms with Gasteiger partial charge < -0.3 is 10.2 Å². The van der Waals surface area contributed by atoms with E-state index in [1.807, 2.05) is 6.08 Å². The van der Waals surface area contributed by atoms with Gasteiger partial charge in [-0.05, 0) is 18.4 Å². The van der Waals surface area contributed by atoms with Crippen LogP contribution in [0.2, 0.25) is 19.6 Å². The minimum absolute atomic E-state index is 0.0446. The monoisotopic (exact) mass is 226 g/mol. The van der Waals surface area contributed by atoms with Gasteiger partial charge in [0.15, 0.2) is 0 Å². The van der Waals surface area contributed by atoms with Crippen molar-refractivity contribution in [1.29, 1.82) is 0 Å². The molecule has 0 spiro atoms. The van der Waals surface area contributed by atoms with Gasteiger partial charge in [-0.25, -0.2) is 0 Å². The van der Waals surface area contributed by atoms with E-state index >= 15 is 0 Å². The van der Waals surface area contributed by atoms with Crippen molar-refractivity contribution < 1.29 is 10.2 Å². The third kappa shape index (κ3) is 9.73. The van der Waals surface area contributed by atoms with Crippen LogP contribution < -0.4 is 0 Å². The van der Waals surface area contributed by atoms with Gasteiger partial charge in [-0.3, -0.25) is 0 Å². The molecule has 2 nitrogen and oxygen atoms in total. The number of aliphatic hydroxyl groups excluding tert-OH is 2. The normalized spacial score (nSPS) is 10.5. The second kappa shape index (κ2) is 7.69. The molecule has 0 unspecified atom stereocenters. The molecule has 0 bridgehead atoms. The molecule has 0 rings (SSSR count). The molecule has 0 atom stereocenters. The number of hydrogen-bond donors (Lipinski definition) is 2. The van der Waals surface area contributed by atoms with Crippen LogP contribution in [0.25, 0.3) is 0 Å². The predicted octanol–water partition coefficient (Wildman–Crippen LogP) is 1.95. The summed E-state index contributed by atoms with van der Waals surface area (Å²) in [6, 6.07) is 0. The zero-order valence-corrected chi connectivity index (χ0v) is 11.0. The summed E-state index contributed by atoms with van der Waals surface area (Å²) in [5.41, 5.74) is 4.01. The highest BCUT2D eigenvalue weighted by Gasteiger charge is 2.06. The van der Waals surface area contributed by atoms with Crippen molar-refractivity contribution in [2.75, 3.05) is 13.2 Å². The van der Waals surface area contributed by atoms with Crippen molar-refractivity contribution in [3.8, 4) is 11.5 Å². The van der Waals surface area contributed by atoms with Gasteiger partial charge in [-0.2, -0.15) is 0 Å². The first-order chi connectivity index (χ1) is 6.99. The molecule has 15 heavy (non-hydrogen) atoms. The number of allylic oxidation sites excluding steroid dienone is 1. The Labute approximate surface area is 94.0 Å². The topological polar surface area (TPSA) is 40.5 Å². The summed E-state index contributed by atoms with van der Waals surface area (Å²) in [7, 11) is -1.21. The molecular formula is C12H22O2Si. The molecule has 0 heterocycles. The smallest absolute Gasteiger partial charge is 0.129 e. The lowest BCUT2D eigenvalue weighted by molar-refractivity contribution is 0.276. The van der Waals surface area contributed by atoms with E-state index in [0.29, 0.717) is 5.57 Å². The Morgan fingerprint density at radius 3 is 2.27 bits per heavy atom. The van der Waals surface area contributed by atoms with Crippen LogP contribution in [0.15, 0.2) is 11.6 Å². The second-order valence-corrected chi connectivity index (χ2v) is 9.37. The van der Waals surface area contributed by atoms with Gasteiger partial charge in [0.05, 0.1) is 13.2 Å². The van der Waals surface area contributed by atoms with Gasteiger partial charge in [0.2, 0.25) is 0 Å². The lowest BCUT2D eigenvalue weighted by Crippen LogP contribution is -2.16. The summed E-state index contributed by atoms with van der Waals surface area (Å²) in [5.74, 6) is 3.19. The van der Waals surface area contributed by atoms with Crippen molar-refractivity contribution >= 4 is 8.07 Å². The molecule has 0 aliphatic rings. The zero-order chi connectivity index (χ0) is 11.7. The molecule has 86 valence electrons. The molecule has 2 N–H and O–H groups in total. The highest BCUT2D eigenvalue weighted by molar-refractivity contribution is 6.83. The first-order valence-electron chi connectivity index (χ1n) is 5.39. The van der Waals surface area contributed by atoms with E-state index in [-0.39, 0.29) is 13.2 Å². The third-order valence-corrected chi connectivity index (χ3v) is 2.74. The van der Waals surface area contributed by atoms with E-state index in [2.05, 4.69) is 31.1 Å². The van der Waals surface area contributed by atoms with Crippen molar-refractivity contribution in [2.24, 2.45) is 0 Å². The van der Waals surface area contributed by atoms with Crippen LogP contribution in [-0.2, 0) is 0 Å². The molecule has 0 saturated heterocycles. The summed E-state index contributed by atoms with van der Waals surface area (Å²) < 4.78 is 0. The molecule has 0 aromatic carbocycles. The van der Waals surface area contributed by atoms with Crippen LogP contribution in [0.1, 0.15) is 19.3 Å². The van der Waals surface area contributed by atoms with E-state index in [4.69, 9.17) is 10.2 Å². The fourth-order valence-electron chi connectivity index (χ4n) is 1.00. The van der Waals surface area contributed by atoms with E-state index in [0.717, 1.165) is 19.3 Å². The standard InChI is InChI=1S/C12H22O2Si/c1-15(2,3)9-7-5-4-6-8-12(10-13)11-14/h8,13-14H,4-6,10-11H2,1-3H3. The lowest BCUT2D eigenvalue weighted by atomic mass is 10.2. The Kier molecular flexibility index (Phi) is 7.40. The lowest BCUT2D eigenvalue weighted by Gasteiger charge is -2.03. The summed E-state index contributed by atoms with van der Waals surface area (Å²) in [5, 5.41) is 17.6. The van der Waals surface area contributed by atoms with E-state index in [1.165, 1.54) is 0 Å². The largest absolute Gasteiger partial charge is 0.392 e. The van der Waals surface area contributed by atoms with Gasteiger partial charge in [0.1, 0.15) is 8.07 Å². The van der Waals surface area contributed by atoms with Crippen molar-refractivity contribution in [3.63, 3.8) is 0 Å². The first-order valence-corrected chi connectivity index (χ1v) is 8.89. The van der Waals surface area contributed by atoms with E-state index in [1.54, 1.807) is 0 Å². The van der Waals surface area contributed by atoms with Crippen molar-refractivity contribution in [2.45, 2.75) is 38.9 Å². The molecule has 3 heteroatoms.